The summed E-state index contributed by atoms with van der Waals surface area (Å²) in [6.45, 7) is 1.93. The fourth-order valence-corrected chi connectivity index (χ4v) is 3.04. The SMILES string of the molecule is COc1ccc(-c2nc(C(N)=O)c3[nH]c(=O)n(-c4cccc(C)c4)c3n2)cc1. The van der Waals surface area contributed by atoms with Crippen LogP contribution in [0, 0.1) is 6.92 Å². The number of methoxy groups -OCH3 is 1. The molecule has 0 bridgehead atoms. The molecule has 2 aromatic heterocycles. The highest BCUT2D eigenvalue weighted by atomic mass is 16.5. The molecule has 0 aliphatic carbocycles. The zero-order chi connectivity index (χ0) is 19.8. The number of aromatic nitrogens is 4. The molecule has 0 saturated carbocycles. The number of hydrogen-bond donors (Lipinski definition) is 2. The third kappa shape index (κ3) is 2.90. The van der Waals surface area contributed by atoms with Gasteiger partial charge in [-0.25, -0.2) is 19.3 Å². The molecule has 4 aromatic rings. The van der Waals surface area contributed by atoms with E-state index >= 15 is 0 Å². The highest BCUT2D eigenvalue weighted by Gasteiger charge is 2.20. The van der Waals surface area contributed by atoms with E-state index in [0.29, 0.717) is 17.0 Å². The van der Waals surface area contributed by atoms with E-state index in [9.17, 15) is 9.59 Å². The Kier molecular flexibility index (Phi) is 4.15. The molecule has 0 aliphatic heterocycles. The summed E-state index contributed by atoms with van der Waals surface area (Å²) in [5.74, 6) is 0.211. The van der Waals surface area contributed by atoms with E-state index in [4.69, 9.17) is 10.5 Å². The highest BCUT2D eigenvalue weighted by Crippen LogP contribution is 2.23. The molecule has 2 heterocycles. The van der Waals surface area contributed by atoms with Crippen LogP contribution in [0.5, 0.6) is 5.75 Å². The van der Waals surface area contributed by atoms with Crippen molar-refractivity contribution in [2.75, 3.05) is 7.11 Å². The third-order valence-electron chi connectivity index (χ3n) is 4.38. The molecule has 0 fully saturated rings. The van der Waals surface area contributed by atoms with Crippen molar-refractivity contribution >= 4 is 17.1 Å². The minimum absolute atomic E-state index is 0.0423. The Morgan fingerprint density at radius 3 is 2.54 bits per heavy atom. The summed E-state index contributed by atoms with van der Waals surface area (Å²) in [5, 5.41) is 0. The molecule has 140 valence electrons. The number of nitrogens with one attached hydrogen (secondary N) is 1. The van der Waals surface area contributed by atoms with Gasteiger partial charge in [0.15, 0.2) is 17.2 Å². The van der Waals surface area contributed by atoms with Crippen molar-refractivity contribution in [1.29, 1.82) is 0 Å². The Hall–Kier alpha value is -3.94. The highest BCUT2D eigenvalue weighted by molar-refractivity contribution is 6.02. The minimum atomic E-state index is -0.750. The predicted octanol–water partition coefficient (Wildman–Crippen LogP) is 2.19. The molecule has 0 unspecified atom stereocenters. The molecule has 4 rings (SSSR count). The molecule has 8 heteroatoms. The van der Waals surface area contributed by atoms with Crippen molar-refractivity contribution in [3.8, 4) is 22.8 Å². The number of hydrogen-bond acceptors (Lipinski definition) is 5. The topological polar surface area (TPSA) is 116 Å². The van der Waals surface area contributed by atoms with Crippen LogP contribution in [0.4, 0.5) is 0 Å². The van der Waals surface area contributed by atoms with Crippen LogP contribution in [0.15, 0.2) is 53.3 Å². The van der Waals surface area contributed by atoms with E-state index in [1.54, 1.807) is 37.4 Å². The summed E-state index contributed by atoms with van der Waals surface area (Å²) in [5.41, 5.74) is 7.81. The number of fused-ring (bicyclic) bond motifs is 1. The molecule has 28 heavy (non-hydrogen) atoms. The van der Waals surface area contributed by atoms with Gasteiger partial charge in [-0.1, -0.05) is 12.1 Å². The Balaban J connectivity index is 2.02. The average molecular weight is 375 g/mol. The van der Waals surface area contributed by atoms with Crippen LogP contribution in [0.25, 0.3) is 28.2 Å². The summed E-state index contributed by atoms with van der Waals surface area (Å²) in [6.07, 6.45) is 0. The van der Waals surface area contributed by atoms with Crippen LogP contribution in [0.2, 0.25) is 0 Å². The van der Waals surface area contributed by atoms with Crippen LogP contribution in [0.3, 0.4) is 0 Å². The smallest absolute Gasteiger partial charge is 0.332 e. The molecule has 0 aliphatic rings. The second kappa shape index (κ2) is 6.66. The Morgan fingerprint density at radius 2 is 1.89 bits per heavy atom. The number of carbonyl (C=O) groups is 1. The molecular weight excluding hydrogens is 358 g/mol. The van der Waals surface area contributed by atoms with Crippen LogP contribution < -0.4 is 16.2 Å². The maximum Gasteiger partial charge on any atom is 0.332 e. The Bertz CT molecular complexity index is 1260. The van der Waals surface area contributed by atoms with Gasteiger partial charge < -0.3 is 15.5 Å². The number of aryl methyl sites for hydroxylation is 1. The summed E-state index contributed by atoms with van der Waals surface area (Å²) in [6, 6.07) is 14.5. The quantitative estimate of drug-likeness (QED) is 0.567. The van der Waals surface area contributed by atoms with Gasteiger partial charge in [-0.05, 0) is 48.9 Å². The molecule has 0 radical (unpaired) electrons. The van der Waals surface area contributed by atoms with Crippen molar-refractivity contribution in [1.82, 2.24) is 19.5 Å². The van der Waals surface area contributed by atoms with Gasteiger partial charge in [0.1, 0.15) is 11.3 Å². The lowest BCUT2D eigenvalue weighted by Crippen LogP contribution is -2.15. The normalized spacial score (nSPS) is 10.9. The summed E-state index contributed by atoms with van der Waals surface area (Å²) in [4.78, 5) is 36.1. The number of nitrogens with zero attached hydrogens (tertiary/aromatic N) is 3. The van der Waals surface area contributed by atoms with Gasteiger partial charge in [-0.15, -0.1) is 0 Å². The average Bonchev–Trinajstić information content (AvgIpc) is 3.02. The Labute approximate surface area is 159 Å². The number of primary amides is 1. The first-order valence-electron chi connectivity index (χ1n) is 8.52. The zero-order valence-electron chi connectivity index (χ0n) is 15.3. The summed E-state index contributed by atoms with van der Waals surface area (Å²) < 4.78 is 6.57. The van der Waals surface area contributed by atoms with Gasteiger partial charge in [0.05, 0.1) is 12.8 Å². The second-order valence-electron chi connectivity index (χ2n) is 6.29. The van der Waals surface area contributed by atoms with E-state index in [0.717, 1.165) is 5.56 Å². The largest absolute Gasteiger partial charge is 0.497 e. The third-order valence-corrected chi connectivity index (χ3v) is 4.38. The number of nitrogens with two attached hydrogens (primary N) is 1. The van der Waals surface area contributed by atoms with Crippen molar-refractivity contribution < 1.29 is 9.53 Å². The van der Waals surface area contributed by atoms with Gasteiger partial charge in [-0.3, -0.25) is 4.79 Å². The van der Waals surface area contributed by atoms with E-state index < -0.39 is 11.6 Å². The number of imidazole rings is 1. The van der Waals surface area contributed by atoms with E-state index in [2.05, 4.69) is 15.0 Å². The van der Waals surface area contributed by atoms with Crippen molar-refractivity contribution in [2.45, 2.75) is 6.92 Å². The number of H-pyrrole nitrogens is 1. The van der Waals surface area contributed by atoms with Gasteiger partial charge in [0.25, 0.3) is 5.91 Å². The monoisotopic (exact) mass is 375 g/mol. The first-order valence-corrected chi connectivity index (χ1v) is 8.52. The number of ether oxygens (including phenoxy) is 1. The lowest BCUT2D eigenvalue weighted by Gasteiger charge is -2.07. The molecule has 0 saturated heterocycles. The van der Waals surface area contributed by atoms with Gasteiger partial charge in [0.2, 0.25) is 0 Å². The predicted molar refractivity (Wildman–Crippen MR) is 105 cm³/mol. The summed E-state index contributed by atoms with van der Waals surface area (Å²) in [7, 11) is 1.57. The number of rotatable bonds is 4. The van der Waals surface area contributed by atoms with Crippen LogP contribution >= 0.6 is 0 Å². The maximum atomic E-state index is 12.6. The van der Waals surface area contributed by atoms with Crippen LogP contribution in [0.1, 0.15) is 16.1 Å². The van der Waals surface area contributed by atoms with Gasteiger partial charge in [-0.2, -0.15) is 0 Å². The second-order valence-corrected chi connectivity index (χ2v) is 6.29. The lowest BCUT2D eigenvalue weighted by molar-refractivity contribution is 0.0997. The minimum Gasteiger partial charge on any atom is -0.497 e. The van der Waals surface area contributed by atoms with Crippen LogP contribution in [-0.2, 0) is 0 Å². The molecular formula is C20H17N5O3. The number of benzene rings is 2. The fraction of sp³-hybridized carbons (Fsp3) is 0.100. The van der Waals surface area contributed by atoms with Gasteiger partial charge in [0, 0.05) is 5.56 Å². The van der Waals surface area contributed by atoms with E-state index in [1.807, 2.05) is 25.1 Å². The number of aromatic amines is 1. The van der Waals surface area contributed by atoms with Gasteiger partial charge >= 0.3 is 5.69 Å². The number of carbonyl (C=O) groups excluding carboxylic acids is 1. The summed E-state index contributed by atoms with van der Waals surface area (Å²) >= 11 is 0. The Morgan fingerprint density at radius 1 is 1.14 bits per heavy atom. The molecule has 3 N–H and O–H groups in total. The molecule has 1 amide bonds. The molecule has 8 nitrogen and oxygen atoms in total. The zero-order valence-corrected chi connectivity index (χ0v) is 15.3. The van der Waals surface area contributed by atoms with Crippen molar-refractivity contribution in [3.63, 3.8) is 0 Å². The van der Waals surface area contributed by atoms with E-state index in [-0.39, 0.29) is 22.7 Å². The maximum absolute atomic E-state index is 12.6. The molecule has 2 aromatic carbocycles. The van der Waals surface area contributed by atoms with Crippen molar-refractivity contribution in [2.24, 2.45) is 5.73 Å². The fourth-order valence-electron chi connectivity index (χ4n) is 3.04. The van der Waals surface area contributed by atoms with E-state index in [1.165, 1.54) is 4.57 Å². The number of amides is 1. The van der Waals surface area contributed by atoms with Crippen LogP contribution in [-0.4, -0.2) is 32.5 Å². The molecule has 0 spiro atoms. The molecule has 0 atom stereocenters. The first kappa shape index (κ1) is 17.5. The van der Waals surface area contributed by atoms with Crippen molar-refractivity contribution in [3.05, 3.63) is 70.3 Å². The lowest BCUT2D eigenvalue weighted by atomic mass is 10.2. The standard InChI is InChI=1S/C20H17N5O3/c1-11-4-3-5-13(10-11)25-19-16(23-20(25)27)15(17(21)26)22-18(24-19)12-6-8-14(28-2)9-7-12/h3-10H,1-2H3,(H2,21,26)(H,23,27). The first-order chi connectivity index (χ1) is 13.5.